The van der Waals surface area contributed by atoms with Gasteiger partial charge in [-0.1, -0.05) is 0 Å². The summed E-state index contributed by atoms with van der Waals surface area (Å²) in [5.74, 6) is 0. The third-order valence-corrected chi connectivity index (χ3v) is 2.14. The van der Waals surface area contributed by atoms with Crippen molar-refractivity contribution in [1.82, 2.24) is 0 Å². The molecule has 0 radical (unpaired) electrons. The molecule has 1 unspecified atom stereocenters. The minimum atomic E-state index is 0. The first-order valence-electron chi connectivity index (χ1n) is 3.33. The van der Waals surface area contributed by atoms with Gasteiger partial charge in [-0.2, -0.15) is 0 Å². The van der Waals surface area contributed by atoms with Gasteiger partial charge < -0.3 is 24.8 Å². The van der Waals surface area contributed by atoms with E-state index < -0.39 is 0 Å². The topological polar surface area (TPSA) is 0 Å². The molecule has 0 N–H and O–H groups in total. The summed E-state index contributed by atoms with van der Waals surface area (Å²) in [7, 11) is 0. The van der Waals surface area contributed by atoms with Gasteiger partial charge in [0.1, 0.15) is 0 Å². The van der Waals surface area contributed by atoms with Crippen molar-refractivity contribution in [2.45, 2.75) is 23.7 Å². The van der Waals surface area contributed by atoms with Gasteiger partial charge in [0.2, 0.25) is 0 Å². The van der Waals surface area contributed by atoms with Crippen LogP contribution in [-0.2, 0) is 19.2 Å². The van der Waals surface area contributed by atoms with Gasteiger partial charge in [0.15, 0.2) is 0 Å². The van der Waals surface area contributed by atoms with Crippen LogP contribution in [0.5, 0.6) is 0 Å². The van der Waals surface area contributed by atoms with Gasteiger partial charge in [0.05, 0.1) is 0 Å². The first-order chi connectivity index (χ1) is 4.39. The van der Waals surface area contributed by atoms with Gasteiger partial charge in [-0.05, 0) is 0 Å². The summed E-state index contributed by atoms with van der Waals surface area (Å²) >= 11 is 3.30. The molecule has 0 aromatic carbocycles. The molecule has 1 rings (SSSR count). The van der Waals surface area contributed by atoms with Crippen LogP contribution in [-0.4, -0.2) is 0 Å². The molecule has 0 spiro atoms. The minimum absolute atomic E-state index is 0. The van der Waals surface area contributed by atoms with E-state index in [9.17, 15) is 0 Å². The molecule has 11 heavy (non-hydrogen) atoms. The number of allylic oxidation sites excluding steroid dienone is 4. The van der Waals surface area contributed by atoms with Crippen molar-refractivity contribution in [2.75, 3.05) is 0 Å². The van der Waals surface area contributed by atoms with E-state index in [0.717, 1.165) is 0 Å². The van der Waals surface area contributed by atoms with E-state index in [2.05, 4.69) is 43.5 Å². The first kappa shape index (κ1) is 14.3. The van der Waals surface area contributed by atoms with E-state index in [1.54, 1.807) is 0 Å². The second-order valence-electron chi connectivity index (χ2n) is 2.21. The number of hydrogen-bond acceptors (Lipinski definition) is 0. The van der Waals surface area contributed by atoms with E-state index in [1.807, 2.05) is 0 Å². The van der Waals surface area contributed by atoms with Crippen molar-refractivity contribution >= 4 is 0 Å². The van der Waals surface area contributed by atoms with Crippen LogP contribution >= 0.6 is 0 Å². The van der Waals surface area contributed by atoms with E-state index in [-0.39, 0.29) is 24.8 Å². The van der Waals surface area contributed by atoms with Crippen LogP contribution < -0.4 is 24.8 Å². The van der Waals surface area contributed by atoms with Crippen LogP contribution in [0.2, 0.25) is 4.39 Å². The van der Waals surface area contributed by atoms with Gasteiger partial charge in [0.25, 0.3) is 0 Å². The maximum atomic E-state index is 3.30. The quantitative estimate of drug-likeness (QED) is 0.408. The molecule has 0 amide bonds. The molecule has 1 aliphatic rings. The van der Waals surface area contributed by atoms with Gasteiger partial charge in [-0.25, -0.2) is 0 Å². The van der Waals surface area contributed by atoms with Crippen molar-refractivity contribution in [1.29, 1.82) is 0 Å². The molecule has 0 saturated carbocycles. The molecule has 0 aromatic heterocycles. The summed E-state index contributed by atoms with van der Waals surface area (Å²) in [5, 5.41) is 0. The molecule has 0 aromatic rings. The second kappa shape index (κ2) is 8.82. The van der Waals surface area contributed by atoms with Crippen molar-refractivity contribution in [3.63, 3.8) is 0 Å². The van der Waals surface area contributed by atoms with Gasteiger partial charge in [-0.3, -0.25) is 0 Å². The zero-order valence-electron chi connectivity index (χ0n) is 6.08. The van der Waals surface area contributed by atoms with Crippen LogP contribution in [0.1, 0.15) is 19.3 Å². The molecule has 1 aliphatic carbocycles. The maximum absolute atomic E-state index is 3.30. The van der Waals surface area contributed by atoms with Crippen molar-refractivity contribution in [3.8, 4) is 0 Å². The average molecular weight is 285 g/mol. The molecule has 1 atom stereocenters. The van der Waals surface area contributed by atoms with Crippen LogP contribution in [0.3, 0.4) is 0 Å². The molecule has 67 valence electrons. The van der Waals surface area contributed by atoms with Gasteiger partial charge in [0, 0.05) is 0 Å². The predicted molar refractivity (Wildman–Crippen MR) is 35.9 cm³/mol. The Labute approximate surface area is 91.7 Å². The van der Waals surface area contributed by atoms with Crippen LogP contribution in [0, 0.1) is 0 Å². The Balaban J connectivity index is 0. The summed E-state index contributed by atoms with van der Waals surface area (Å²) in [5.41, 5.74) is 0. The Kier molecular flexibility index (Phi) is 11.4. The van der Waals surface area contributed by atoms with E-state index >= 15 is 0 Å². The number of halogens is 2. The molecular formula is C8H11Cl2Pd. The summed E-state index contributed by atoms with van der Waals surface area (Å²) < 4.78 is 0.637. The average Bonchev–Trinajstić information content (AvgIpc) is 1.79. The van der Waals surface area contributed by atoms with Crippen LogP contribution in [0.25, 0.3) is 0 Å². The summed E-state index contributed by atoms with van der Waals surface area (Å²) in [6.45, 7) is 0. The summed E-state index contributed by atoms with van der Waals surface area (Å²) in [6.07, 6.45) is 12.5. The molecule has 0 nitrogen and oxygen atoms in total. The second-order valence-corrected chi connectivity index (χ2v) is 3.37. The Morgan fingerprint density at radius 1 is 1.18 bits per heavy atom. The molecule has 0 fully saturated rings. The zero-order chi connectivity index (χ0) is 6.53. The van der Waals surface area contributed by atoms with Gasteiger partial charge >= 0.3 is 67.2 Å². The van der Waals surface area contributed by atoms with E-state index in [0.29, 0.717) is 4.39 Å². The molecule has 3 heteroatoms. The zero-order valence-corrected chi connectivity index (χ0v) is 9.15. The Morgan fingerprint density at radius 3 is 2.64 bits per heavy atom. The monoisotopic (exact) mass is 283 g/mol. The fourth-order valence-corrected chi connectivity index (χ4v) is 1.36. The Hall–Kier alpha value is 0.722. The molecule has 0 saturated heterocycles. The Bertz CT molecular complexity index is 132. The molecule has 0 bridgehead atoms. The van der Waals surface area contributed by atoms with Crippen molar-refractivity contribution < 1.29 is 44.0 Å². The fraction of sp³-hybridized carbons (Fsp3) is 0.500. The first-order valence-corrected chi connectivity index (χ1v) is 4.23. The Morgan fingerprint density at radius 2 is 1.91 bits per heavy atom. The summed E-state index contributed by atoms with van der Waals surface area (Å²) in [6, 6.07) is 0. The van der Waals surface area contributed by atoms with Gasteiger partial charge in [-0.15, -0.1) is 0 Å². The molecule has 0 aliphatic heterocycles. The van der Waals surface area contributed by atoms with Crippen LogP contribution in [0.15, 0.2) is 24.3 Å². The van der Waals surface area contributed by atoms with Crippen LogP contribution in [0.4, 0.5) is 0 Å². The summed E-state index contributed by atoms with van der Waals surface area (Å²) in [4.78, 5) is 0. The number of hydrogen-bond donors (Lipinski definition) is 0. The van der Waals surface area contributed by atoms with E-state index in [4.69, 9.17) is 0 Å². The fourth-order valence-electron chi connectivity index (χ4n) is 0.867. The third-order valence-electron chi connectivity index (χ3n) is 1.39. The van der Waals surface area contributed by atoms with Crippen molar-refractivity contribution in [2.24, 2.45) is 0 Å². The number of rotatable bonds is 0. The van der Waals surface area contributed by atoms with Crippen molar-refractivity contribution in [3.05, 3.63) is 24.3 Å². The molecule has 0 heterocycles. The van der Waals surface area contributed by atoms with E-state index in [1.165, 1.54) is 19.3 Å². The third kappa shape index (κ3) is 7.10. The predicted octanol–water partition coefficient (Wildman–Crippen LogP) is -3.37. The standard InChI is InChI=1S/C8H11.2ClH.Pd/c1-2-4-6-8-7-5-3-1;;;/h1-5H,6-8H2;2*1H;/q;;;+2/p-2/b2-1-,5-3-;;;. The molecular weight excluding hydrogens is 273 g/mol. The SMILES string of the molecule is [Cl-].[Cl-].[Pd+2][CH]1/C=C\C=C/CCC1. The normalized spacial score (nSPS) is 28.3.